The molecule has 0 amide bonds. The van der Waals surface area contributed by atoms with Crippen LogP contribution in [0.2, 0.25) is 0 Å². The number of hydrogen-bond donors (Lipinski definition) is 1. The van der Waals surface area contributed by atoms with E-state index in [1.165, 1.54) is 51.5 Å². The van der Waals surface area contributed by atoms with Gasteiger partial charge in [0.15, 0.2) is 0 Å². The maximum Gasteiger partial charge on any atom is 0.00697 e. The molecule has 1 nitrogen and oxygen atoms in total. The third kappa shape index (κ3) is 1.96. The fourth-order valence-corrected chi connectivity index (χ4v) is 2.60. The Morgan fingerprint density at radius 1 is 0.909 bits per heavy atom. The van der Waals surface area contributed by atoms with E-state index in [4.69, 9.17) is 0 Å². The molecule has 1 heteroatoms. The average Bonchev–Trinajstić information content (AvgIpc) is 2.02. The van der Waals surface area contributed by atoms with Gasteiger partial charge < -0.3 is 5.32 Å². The topological polar surface area (TPSA) is 12.0 Å². The zero-order valence-electron chi connectivity index (χ0n) is 7.31. The van der Waals surface area contributed by atoms with Gasteiger partial charge in [-0.1, -0.05) is 25.7 Å². The molecule has 0 aromatic rings. The largest absolute Gasteiger partial charge is 0.314 e. The molecule has 11 heavy (non-hydrogen) atoms. The van der Waals surface area contributed by atoms with Crippen LogP contribution in [-0.4, -0.2) is 12.6 Å². The van der Waals surface area contributed by atoms with Gasteiger partial charge in [0.25, 0.3) is 0 Å². The number of fused-ring (bicyclic) bond motifs is 2. The molecule has 2 rings (SSSR count). The molecule has 1 saturated carbocycles. The summed E-state index contributed by atoms with van der Waals surface area (Å²) in [5.74, 6) is 1.07. The maximum absolute atomic E-state index is 3.65. The molecule has 2 bridgehead atoms. The van der Waals surface area contributed by atoms with Crippen LogP contribution in [0.4, 0.5) is 0 Å². The third-order valence-corrected chi connectivity index (χ3v) is 3.25. The van der Waals surface area contributed by atoms with Gasteiger partial charge >= 0.3 is 0 Å². The molecule has 0 radical (unpaired) electrons. The Kier molecular flexibility index (Phi) is 2.47. The SMILES string of the molecule is C1CCC2CCCC(C2)NC1. The number of hydrogen-bond acceptors (Lipinski definition) is 1. The smallest absolute Gasteiger partial charge is 0.00697 e. The van der Waals surface area contributed by atoms with Crippen LogP contribution >= 0.6 is 0 Å². The summed E-state index contributed by atoms with van der Waals surface area (Å²) in [4.78, 5) is 0. The van der Waals surface area contributed by atoms with Gasteiger partial charge in [-0.25, -0.2) is 0 Å². The van der Waals surface area contributed by atoms with E-state index in [-0.39, 0.29) is 0 Å². The van der Waals surface area contributed by atoms with Crippen LogP contribution in [0.3, 0.4) is 0 Å². The summed E-state index contributed by atoms with van der Waals surface area (Å²) in [5.41, 5.74) is 0. The van der Waals surface area contributed by atoms with Crippen molar-refractivity contribution in [3.8, 4) is 0 Å². The molecule has 1 heterocycles. The molecule has 0 aromatic heterocycles. The summed E-state index contributed by atoms with van der Waals surface area (Å²) in [6, 6.07) is 0.883. The zero-order valence-corrected chi connectivity index (χ0v) is 7.31. The van der Waals surface area contributed by atoms with Crippen LogP contribution < -0.4 is 5.32 Å². The molecule has 1 saturated heterocycles. The van der Waals surface area contributed by atoms with Crippen molar-refractivity contribution >= 4 is 0 Å². The van der Waals surface area contributed by atoms with Gasteiger partial charge in [0.1, 0.15) is 0 Å². The maximum atomic E-state index is 3.65. The highest BCUT2D eigenvalue weighted by Crippen LogP contribution is 2.29. The standard InChI is InChI=1S/C10H19N/c1-2-7-11-10-6-3-5-9(4-1)8-10/h9-11H,1-8H2. The predicted octanol–water partition coefficient (Wildman–Crippen LogP) is 2.32. The van der Waals surface area contributed by atoms with Crippen molar-refractivity contribution < 1.29 is 0 Å². The highest BCUT2D eigenvalue weighted by Gasteiger charge is 2.22. The molecule has 1 aliphatic heterocycles. The highest BCUT2D eigenvalue weighted by atomic mass is 14.9. The van der Waals surface area contributed by atoms with Crippen molar-refractivity contribution in [2.75, 3.05) is 6.54 Å². The molecule has 2 fully saturated rings. The zero-order chi connectivity index (χ0) is 7.52. The van der Waals surface area contributed by atoms with Crippen LogP contribution in [-0.2, 0) is 0 Å². The van der Waals surface area contributed by atoms with Crippen molar-refractivity contribution in [2.24, 2.45) is 5.92 Å². The van der Waals surface area contributed by atoms with E-state index in [2.05, 4.69) is 5.32 Å². The summed E-state index contributed by atoms with van der Waals surface area (Å²) in [7, 11) is 0. The fourth-order valence-electron chi connectivity index (χ4n) is 2.60. The van der Waals surface area contributed by atoms with E-state index in [1.807, 2.05) is 0 Å². The first-order valence-corrected chi connectivity index (χ1v) is 5.18. The second kappa shape index (κ2) is 3.57. The molecule has 64 valence electrons. The van der Waals surface area contributed by atoms with Crippen molar-refractivity contribution in [3.05, 3.63) is 0 Å². The molecular formula is C10H19N. The molecule has 0 aromatic carbocycles. The quantitative estimate of drug-likeness (QED) is 0.563. The Bertz CT molecular complexity index is 110. The summed E-state index contributed by atoms with van der Waals surface area (Å²) in [6.45, 7) is 1.28. The van der Waals surface area contributed by atoms with Crippen LogP contribution in [0.5, 0.6) is 0 Å². The van der Waals surface area contributed by atoms with E-state index >= 15 is 0 Å². The minimum atomic E-state index is 0.883. The van der Waals surface area contributed by atoms with Gasteiger partial charge in [0.2, 0.25) is 0 Å². The number of nitrogens with one attached hydrogen (secondary N) is 1. The van der Waals surface area contributed by atoms with Crippen molar-refractivity contribution in [1.29, 1.82) is 0 Å². The Labute approximate surface area is 69.6 Å². The van der Waals surface area contributed by atoms with Gasteiger partial charge in [0, 0.05) is 6.04 Å². The van der Waals surface area contributed by atoms with E-state index in [0.717, 1.165) is 12.0 Å². The number of rotatable bonds is 0. The predicted molar refractivity (Wildman–Crippen MR) is 47.6 cm³/mol. The lowest BCUT2D eigenvalue weighted by atomic mass is 9.81. The van der Waals surface area contributed by atoms with Crippen molar-refractivity contribution in [1.82, 2.24) is 5.32 Å². The van der Waals surface area contributed by atoms with Crippen LogP contribution in [0.1, 0.15) is 44.9 Å². The summed E-state index contributed by atoms with van der Waals surface area (Å²) < 4.78 is 0. The summed E-state index contributed by atoms with van der Waals surface area (Å²) in [6.07, 6.45) is 10.3. The minimum absolute atomic E-state index is 0.883. The monoisotopic (exact) mass is 153 g/mol. The molecular weight excluding hydrogens is 134 g/mol. The van der Waals surface area contributed by atoms with Crippen molar-refractivity contribution in [3.63, 3.8) is 0 Å². The van der Waals surface area contributed by atoms with E-state index in [0.29, 0.717) is 0 Å². The van der Waals surface area contributed by atoms with Gasteiger partial charge in [-0.05, 0) is 31.7 Å². The van der Waals surface area contributed by atoms with Crippen molar-refractivity contribution in [2.45, 2.75) is 51.0 Å². The van der Waals surface area contributed by atoms with Gasteiger partial charge in [-0.3, -0.25) is 0 Å². The van der Waals surface area contributed by atoms with Gasteiger partial charge in [-0.15, -0.1) is 0 Å². The first-order chi connectivity index (χ1) is 5.45. The lowest BCUT2D eigenvalue weighted by molar-refractivity contribution is 0.249. The first-order valence-electron chi connectivity index (χ1n) is 5.18. The highest BCUT2D eigenvalue weighted by molar-refractivity contribution is 4.79. The van der Waals surface area contributed by atoms with Crippen LogP contribution in [0.25, 0.3) is 0 Å². The lowest BCUT2D eigenvalue weighted by Crippen LogP contribution is -2.36. The summed E-state index contributed by atoms with van der Waals surface area (Å²) >= 11 is 0. The van der Waals surface area contributed by atoms with Gasteiger partial charge in [-0.2, -0.15) is 0 Å². The average molecular weight is 153 g/mol. The molecule has 2 atom stereocenters. The minimum Gasteiger partial charge on any atom is -0.314 e. The second-order valence-electron chi connectivity index (χ2n) is 4.18. The summed E-state index contributed by atoms with van der Waals surface area (Å²) in [5, 5.41) is 3.65. The normalized spacial score (nSPS) is 39.3. The first kappa shape index (κ1) is 7.60. The molecule has 0 spiro atoms. The molecule has 1 N–H and O–H groups in total. The van der Waals surface area contributed by atoms with Gasteiger partial charge in [0.05, 0.1) is 0 Å². The lowest BCUT2D eigenvalue weighted by Gasteiger charge is -2.32. The van der Waals surface area contributed by atoms with Crippen LogP contribution in [0.15, 0.2) is 0 Å². The van der Waals surface area contributed by atoms with E-state index < -0.39 is 0 Å². The Hall–Kier alpha value is -0.0400. The Morgan fingerprint density at radius 2 is 1.82 bits per heavy atom. The second-order valence-corrected chi connectivity index (χ2v) is 4.18. The third-order valence-electron chi connectivity index (χ3n) is 3.25. The Balaban J connectivity index is 1.90. The van der Waals surface area contributed by atoms with Crippen LogP contribution in [0, 0.1) is 5.92 Å². The van der Waals surface area contributed by atoms with E-state index in [9.17, 15) is 0 Å². The molecule has 2 unspecified atom stereocenters. The van der Waals surface area contributed by atoms with E-state index in [1.54, 1.807) is 0 Å². The molecule has 1 aliphatic carbocycles. The fraction of sp³-hybridized carbons (Fsp3) is 1.00. The molecule has 2 aliphatic rings. The Morgan fingerprint density at radius 3 is 2.82 bits per heavy atom.